The Morgan fingerprint density at radius 3 is 2.78 bits per heavy atom. The molecule has 0 radical (unpaired) electrons. The maximum absolute atomic E-state index is 6.35. The summed E-state index contributed by atoms with van der Waals surface area (Å²) in [6, 6.07) is 9.46. The summed E-state index contributed by atoms with van der Waals surface area (Å²) in [5, 5.41) is 3.88. The Labute approximate surface area is 139 Å². The molecule has 1 saturated carbocycles. The Morgan fingerprint density at radius 2 is 2.04 bits per heavy atom. The van der Waals surface area contributed by atoms with E-state index >= 15 is 0 Å². The number of hydrogen-bond acceptors (Lipinski definition) is 4. The molecule has 4 nitrogen and oxygen atoms in total. The van der Waals surface area contributed by atoms with Crippen molar-refractivity contribution in [1.29, 1.82) is 0 Å². The summed E-state index contributed by atoms with van der Waals surface area (Å²) in [6.07, 6.45) is 4.82. The van der Waals surface area contributed by atoms with Gasteiger partial charge in [0.15, 0.2) is 0 Å². The molecule has 1 aromatic carbocycles. The second kappa shape index (κ2) is 6.42. The quantitative estimate of drug-likeness (QED) is 0.926. The predicted molar refractivity (Wildman–Crippen MR) is 90.9 cm³/mol. The van der Waals surface area contributed by atoms with Crippen LogP contribution in [0.5, 0.6) is 5.75 Å². The molecule has 1 saturated heterocycles. The van der Waals surface area contributed by atoms with E-state index in [1.807, 2.05) is 0 Å². The molecule has 23 heavy (non-hydrogen) atoms. The molecule has 0 bridgehead atoms. The Kier molecular flexibility index (Phi) is 4.31. The minimum absolute atomic E-state index is 0.102. The van der Waals surface area contributed by atoms with Crippen molar-refractivity contribution < 1.29 is 9.47 Å². The van der Waals surface area contributed by atoms with Crippen LogP contribution in [0.1, 0.15) is 44.2 Å². The molecule has 0 aromatic heterocycles. The first-order valence-corrected chi connectivity index (χ1v) is 9.08. The van der Waals surface area contributed by atoms with Crippen LogP contribution in [0.15, 0.2) is 24.3 Å². The highest BCUT2D eigenvalue weighted by Crippen LogP contribution is 2.48. The number of morpholine rings is 1. The van der Waals surface area contributed by atoms with Crippen molar-refractivity contribution in [2.24, 2.45) is 0 Å². The van der Waals surface area contributed by atoms with E-state index < -0.39 is 0 Å². The summed E-state index contributed by atoms with van der Waals surface area (Å²) < 4.78 is 11.8. The Morgan fingerprint density at radius 1 is 1.26 bits per heavy atom. The van der Waals surface area contributed by atoms with E-state index in [0.29, 0.717) is 12.1 Å². The van der Waals surface area contributed by atoms with Crippen LogP contribution >= 0.6 is 0 Å². The summed E-state index contributed by atoms with van der Waals surface area (Å²) in [5.41, 5.74) is 1.43. The van der Waals surface area contributed by atoms with Crippen molar-refractivity contribution in [3.05, 3.63) is 29.8 Å². The maximum Gasteiger partial charge on any atom is 0.124 e. The van der Waals surface area contributed by atoms with E-state index in [1.165, 1.54) is 24.8 Å². The molecule has 4 rings (SSSR count). The van der Waals surface area contributed by atoms with Crippen LogP contribution in [0.2, 0.25) is 0 Å². The third-order valence-corrected chi connectivity index (χ3v) is 5.58. The summed E-state index contributed by atoms with van der Waals surface area (Å²) in [4.78, 5) is 2.51. The van der Waals surface area contributed by atoms with Crippen LogP contribution < -0.4 is 10.1 Å². The number of hydrogen-bond donors (Lipinski definition) is 1. The summed E-state index contributed by atoms with van der Waals surface area (Å²) in [5.74, 6) is 1.09. The fourth-order valence-corrected chi connectivity index (χ4v) is 4.21. The van der Waals surface area contributed by atoms with Crippen LogP contribution in [0.4, 0.5) is 0 Å². The Balaban J connectivity index is 1.44. The molecule has 0 unspecified atom stereocenters. The molecular weight excluding hydrogens is 288 g/mol. The van der Waals surface area contributed by atoms with E-state index in [9.17, 15) is 0 Å². The predicted octanol–water partition coefficient (Wildman–Crippen LogP) is 2.74. The summed E-state index contributed by atoms with van der Waals surface area (Å²) in [7, 11) is 0. The largest absolute Gasteiger partial charge is 0.487 e. The van der Waals surface area contributed by atoms with E-state index in [1.54, 1.807) is 0 Å². The third kappa shape index (κ3) is 3.25. The SMILES string of the molecule is C[C@H](CN1CCOCC1)N[C@@H]1CC2(CCC2)Oc2ccccc21. The molecule has 3 aliphatic rings. The summed E-state index contributed by atoms with van der Waals surface area (Å²) >= 11 is 0. The van der Waals surface area contributed by atoms with Gasteiger partial charge in [-0.25, -0.2) is 0 Å². The second-order valence-corrected chi connectivity index (χ2v) is 7.41. The number of para-hydroxylation sites is 1. The molecule has 0 amide bonds. The van der Waals surface area contributed by atoms with Gasteiger partial charge in [-0.05, 0) is 32.3 Å². The highest BCUT2D eigenvalue weighted by molar-refractivity contribution is 5.39. The molecule has 2 heterocycles. The monoisotopic (exact) mass is 316 g/mol. The maximum atomic E-state index is 6.35. The second-order valence-electron chi connectivity index (χ2n) is 7.41. The first kappa shape index (κ1) is 15.4. The number of nitrogens with one attached hydrogen (secondary N) is 1. The van der Waals surface area contributed by atoms with E-state index in [-0.39, 0.29) is 5.60 Å². The van der Waals surface area contributed by atoms with Gasteiger partial charge in [0.1, 0.15) is 11.4 Å². The fourth-order valence-electron chi connectivity index (χ4n) is 4.21. The van der Waals surface area contributed by atoms with Crippen molar-refractivity contribution in [3.8, 4) is 5.75 Å². The molecule has 1 aliphatic carbocycles. The van der Waals surface area contributed by atoms with Gasteiger partial charge >= 0.3 is 0 Å². The van der Waals surface area contributed by atoms with Gasteiger partial charge < -0.3 is 14.8 Å². The number of ether oxygens (including phenoxy) is 2. The van der Waals surface area contributed by atoms with Crippen LogP contribution in [0.3, 0.4) is 0 Å². The minimum Gasteiger partial charge on any atom is -0.487 e. The minimum atomic E-state index is 0.102. The Hall–Kier alpha value is -1.10. The zero-order valence-corrected chi connectivity index (χ0v) is 14.1. The molecule has 126 valence electrons. The van der Waals surface area contributed by atoms with Gasteiger partial charge in [-0.3, -0.25) is 4.90 Å². The lowest BCUT2D eigenvalue weighted by atomic mass is 9.73. The zero-order chi connectivity index (χ0) is 15.7. The normalized spacial score (nSPS) is 27.8. The summed E-state index contributed by atoms with van der Waals surface area (Å²) in [6.45, 7) is 7.25. The van der Waals surface area contributed by atoms with Crippen LogP contribution in [0, 0.1) is 0 Å². The van der Waals surface area contributed by atoms with E-state index in [2.05, 4.69) is 41.4 Å². The van der Waals surface area contributed by atoms with Crippen molar-refractivity contribution in [1.82, 2.24) is 10.2 Å². The Bertz CT molecular complexity index is 538. The molecule has 2 aliphatic heterocycles. The van der Waals surface area contributed by atoms with Gasteiger partial charge in [0.05, 0.1) is 13.2 Å². The molecule has 2 atom stereocenters. The van der Waals surface area contributed by atoms with Crippen molar-refractivity contribution in [2.45, 2.75) is 50.3 Å². The molecule has 1 N–H and O–H groups in total. The number of benzene rings is 1. The van der Waals surface area contributed by atoms with Crippen molar-refractivity contribution in [2.75, 3.05) is 32.8 Å². The first-order valence-electron chi connectivity index (χ1n) is 9.08. The topological polar surface area (TPSA) is 33.7 Å². The lowest BCUT2D eigenvalue weighted by Gasteiger charge is -2.48. The van der Waals surface area contributed by atoms with E-state index in [4.69, 9.17) is 9.47 Å². The molecule has 2 fully saturated rings. The van der Waals surface area contributed by atoms with Gasteiger partial charge in [-0.1, -0.05) is 18.2 Å². The number of rotatable bonds is 4. The van der Waals surface area contributed by atoms with Gasteiger partial charge in [0.25, 0.3) is 0 Å². The fraction of sp³-hybridized carbons (Fsp3) is 0.684. The average molecular weight is 316 g/mol. The van der Waals surface area contributed by atoms with Crippen molar-refractivity contribution >= 4 is 0 Å². The van der Waals surface area contributed by atoms with Gasteiger partial charge in [-0.15, -0.1) is 0 Å². The first-order chi connectivity index (χ1) is 11.2. The molecule has 4 heteroatoms. The van der Waals surface area contributed by atoms with Crippen LogP contribution in [0.25, 0.3) is 0 Å². The highest BCUT2D eigenvalue weighted by atomic mass is 16.5. The zero-order valence-electron chi connectivity index (χ0n) is 14.1. The third-order valence-electron chi connectivity index (χ3n) is 5.58. The van der Waals surface area contributed by atoms with Gasteiger partial charge in [-0.2, -0.15) is 0 Å². The van der Waals surface area contributed by atoms with Gasteiger partial charge in [0.2, 0.25) is 0 Å². The lowest BCUT2D eigenvalue weighted by Crippen LogP contribution is -2.51. The molecule has 1 aromatic rings. The van der Waals surface area contributed by atoms with Crippen LogP contribution in [-0.2, 0) is 4.74 Å². The van der Waals surface area contributed by atoms with E-state index in [0.717, 1.165) is 45.0 Å². The standard InChI is InChI=1S/C19H28N2O2/c1-15(14-21-9-11-22-12-10-21)20-17-13-19(7-4-8-19)23-18-6-3-2-5-16(17)18/h2-3,5-6,15,17,20H,4,7-14H2,1H3/t15-,17-/m1/s1. The van der Waals surface area contributed by atoms with Crippen LogP contribution in [-0.4, -0.2) is 49.4 Å². The van der Waals surface area contributed by atoms with Gasteiger partial charge in [0, 0.05) is 43.7 Å². The number of fused-ring (bicyclic) bond motifs is 1. The molecular formula is C19H28N2O2. The smallest absolute Gasteiger partial charge is 0.124 e. The van der Waals surface area contributed by atoms with Crippen molar-refractivity contribution in [3.63, 3.8) is 0 Å². The lowest BCUT2D eigenvalue weighted by molar-refractivity contribution is -0.0386. The number of nitrogens with zero attached hydrogens (tertiary/aromatic N) is 1. The average Bonchev–Trinajstić information content (AvgIpc) is 2.54. The highest BCUT2D eigenvalue weighted by Gasteiger charge is 2.45. The molecule has 1 spiro atoms.